The van der Waals surface area contributed by atoms with Gasteiger partial charge in [0.15, 0.2) is 0 Å². The Hall–Kier alpha value is -0.590. The van der Waals surface area contributed by atoms with E-state index >= 15 is 0 Å². The molecule has 1 atom stereocenters. The maximum absolute atomic E-state index is 8.79. The van der Waals surface area contributed by atoms with Crippen LogP contribution < -0.4 is 0 Å². The van der Waals surface area contributed by atoms with E-state index in [0.29, 0.717) is 13.0 Å². The molecule has 15 heavy (non-hydrogen) atoms. The van der Waals surface area contributed by atoms with Crippen LogP contribution in [0.15, 0.2) is 0 Å². The van der Waals surface area contributed by atoms with Crippen molar-refractivity contribution in [3.8, 4) is 6.07 Å². The monoisotopic (exact) mass is 213 g/mol. The van der Waals surface area contributed by atoms with E-state index < -0.39 is 0 Å². The van der Waals surface area contributed by atoms with Crippen LogP contribution in [0.1, 0.15) is 51.9 Å². The third-order valence-corrected chi connectivity index (χ3v) is 2.34. The van der Waals surface area contributed by atoms with Gasteiger partial charge in [0, 0.05) is 6.61 Å². The highest BCUT2D eigenvalue weighted by Crippen LogP contribution is 2.09. The van der Waals surface area contributed by atoms with Crippen LogP contribution in [0.2, 0.25) is 0 Å². The van der Waals surface area contributed by atoms with Crippen LogP contribution >= 0.6 is 0 Å². The highest BCUT2D eigenvalue weighted by atomic mass is 16.5. The van der Waals surface area contributed by atoms with Crippen LogP contribution in [-0.2, 0) is 4.74 Å². The zero-order valence-corrected chi connectivity index (χ0v) is 9.74. The number of hydrogen-bond acceptors (Lipinski definition) is 3. The Balaban J connectivity index is 3.33. The van der Waals surface area contributed by atoms with Gasteiger partial charge >= 0.3 is 0 Å². The molecule has 1 unspecified atom stereocenters. The van der Waals surface area contributed by atoms with Crippen molar-refractivity contribution in [3.05, 3.63) is 0 Å². The maximum Gasteiger partial charge on any atom is 0.143 e. The van der Waals surface area contributed by atoms with Crippen LogP contribution in [0.3, 0.4) is 0 Å². The Kier molecular flexibility index (Phi) is 11.0. The number of aliphatic hydroxyl groups excluding tert-OH is 1. The zero-order valence-electron chi connectivity index (χ0n) is 9.74. The lowest BCUT2D eigenvalue weighted by Crippen LogP contribution is -2.12. The van der Waals surface area contributed by atoms with E-state index in [1.165, 1.54) is 25.7 Å². The second-order valence-corrected chi connectivity index (χ2v) is 3.77. The summed E-state index contributed by atoms with van der Waals surface area (Å²) in [4.78, 5) is 0. The summed E-state index contributed by atoms with van der Waals surface area (Å²) in [6.07, 6.45) is 7.20. The Morgan fingerprint density at radius 2 is 1.93 bits per heavy atom. The maximum atomic E-state index is 8.79. The zero-order chi connectivity index (χ0) is 11.4. The average Bonchev–Trinajstić information content (AvgIpc) is 2.26. The van der Waals surface area contributed by atoms with Gasteiger partial charge in [0.2, 0.25) is 0 Å². The van der Waals surface area contributed by atoms with Gasteiger partial charge in [-0.05, 0) is 19.3 Å². The molecule has 0 aromatic rings. The number of rotatable bonds is 10. The summed E-state index contributed by atoms with van der Waals surface area (Å²) in [6, 6.07) is 2.15. The molecule has 0 aliphatic heterocycles. The smallest absolute Gasteiger partial charge is 0.143 e. The van der Waals surface area contributed by atoms with Crippen LogP contribution in [0.5, 0.6) is 0 Å². The Morgan fingerprint density at radius 1 is 1.20 bits per heavy atom. The first-order valence-corrected chi connectivity index (χ1v) is 5.97. The largest absolute Gasteiger partial charge is 0.396 e. The summed E-state index contributed by atoms with van der Waals surface area (Å²) in [7, 11) is 0. The topological polar surface area (TPSA) is 53.2 Å². The Bertz CT molecular complexity index is 165. The van der Waals surface area contributed by atoms with E-state index in [1.807, 2.05) is 0 Å². The number of hydrogen-bond donors (Lipinski definition) is 1. The predicted octanol–water partition coefficient (Wildman–Crippen LogP) is 2.64. The fraction of sp³-hybridized carbons (Fsp3) is 0.917. The summed E-state index contributed by atoms with van der Waals surface area (Å²) >= 11 is 0. The summed E-state index contributed by atoms with van der Waals surface area (Å²) in [5.41, 5.74) is 0. The molecule has 0 saturated heterocycles. The number of ether oxygens (including phenoxy) is 1. The molecule has 88 valence electrons. The molecular weight excluding hydrogens is 190 g/mol. The van der Waals surface area contributed by atoms with Crippen LogP contribution in [0.4, 0.5) is 0 Å². The van der Waals surface area contributed by atoms with Gasteiger partial charge in [-0.15, -0.1) is 0 Å². The third kappa shape index (κ3) is 9.71. The van der Waals surface area contributed by atoms with Crippen LogP contribution in [-0.4, -0.2) is 24.4 Å². The molecule has 0 aliphatic carbocycles. The van der Waals surface area contributed by atoms with E-state index in [2.05, 4.69) is 13.0 Å². The standard InChI is InChI=1S/C12H23NO2/c1-2-3-4-5-6-8-12(11-13)15-10-7-9-14/h12,14H,2-10H2,1H3. The van der Waals surface area contributed by atoms with Crippen molar-refractivity contribution < 1.29 is 9.84 Å². The molecule has 0 bridgehead atoms. The first kappa shape index (κ1) is 14.4. The van der Waals surface area contributed by atoms with Crippen molar-refractivity contribution in [1.82, 2.24) is 0 Å². The van der Waals surface area contributed by atoms with Gasteiger partial charge in [-0.25, -0.2) is 0 Å². The lowest BCUT2D eigenvalue weighted by molar-refractivity contribution is 0.0708. The fourth-order valence-electron chi connectivity index (χ4n) is 1.41. The molecule has 0 spiro atoms. The van der Waals surface area contributed by atoms with Gasteiger partial charge in [-0.1, -0.05) is 32.6 Å². The number of nitrogens with zero attached hydrogens (tertiary/aromatic N) is 1. The second kappa shape index (κ2) is 11.5. The SMILES string of the molecule is CCCCCCCC(C#N)OCCCO. The van der Waals surface area contributed by atoms with Crippen molar-refractivity contribution in [2.45, 2.75) is 58.0 Å². The molecule has 0 fully saturated rings. The molecule has 0 rings (SSSR count). The van der Waals surface area contributed by atoms with E-state index in [9.17, 15) is 0 Å². The third-order valence-electron chi connectivity index (χ3n) is 2.34. The molecule has 0 radical (unpaired) electrons. The second-order valence-electron chi connectivity index (χ2n) is 3.77. The fourth-order valence-corrected chi connectivity index (χ4v) is 1.41. The minimum atomic E-state index is -0.279. The molecule has 0 aromatic heterocycles. The molecule has 0 amide bonds. The van der Waals surface area contributed by atoms with Gasteiger partial charge in [-0.2, -0.15) is 5.26 Å². The quantitative estimate of drug-likeness (QED) is 0.567. The molecule has 0 heterocycles. The Labute approximate surface area is 93.1 Å². The molecule has 3 heteroatoms. The number of aliphatic hydroxyl groups is 1. The van der Waals surface area contributed by atoms with Crippen molar-refractivity contribution in [3.63, 3.8) is 0 Å². The van der Waals surface area contributed by atoms with Crippen molar-refractivity contribution in [2.75, 3.05) is 13.2 Å². The summed E-state index contributed by atoms with van der Waals surface area (Å²) < 4.78 is 5.32. The van der Waals surface area contributed by atoms with E-state index in [4.69, 9.17) is 15.1 Å². The first-order chi connectivity index (χ1) is 7.35. The van der Waals surface area contributed by atoms with Gasteiger partial charge in [0.25, 0.3) is 0 Å². The average molecular weight is 213 g/mol. The van der Waals surface area contributed by atoms with Gasteiger partial charge in [0.1, 0.15) is 6.10 Å². The lowest BCUT2D eigenvalue weighted by atomic mass is 10.1. The van der Waals surface area contributed by atoms with Crippen LogP contribution in [0, 0.1) is 11.3 Å². The van der Waals surface area contributed by atoms with Gasteiger partial charge in [0.05, 0.1) is 12.7 Å². The van der Waals surface area contributed by atoms with E-state index in [-0.39, 0.29) is 12.7 Å². The van der Waals surface area contributed by atoms with Crippen molar-refractivity contribution >= 4 is 0 Å². The minimum absolute atomic E-state index is 0.134. The number of unbranched alkanes of at least 4 members (excludes halogenated alkanes) is 4. The highest BCUT2D eigenvalue weighted by molar-refractivity contribution is 4.83. The molecule has 1 N–H and O–H groups in total. The highest BCUT2D eigenvalue weighted by Gasteiger charge is 2.06. The molecule has 3 nitrogen and oxygen atoms in total. The van der Waals surface area contributed by atoms with Crippen molar-refractivity contribution in [2.24, 2.45) is 0 Å². The van der Waals surface area contributed by atoms with E-state index in [0.717, 1.165) is 12.8 Å². The predicted molar refractivity (Wildman–Crippen MR) is 60.4 cm³/mol. The molecule has 0 saturated carbocycles. The molecular formula is C12H23NO2. The summed E-state index contributed by atoms with van der Waals surface area (Å²) in [6.45, 7) is 2.81. The van der Waals surface area contributed by atoms with Gasteiger partial charge < -0.3 is 9.84 Å². The molecule has 0 aromatic carbocycles. The number of nitriles is 1. The van der Waals surface area contributed by atoms with Crippen molar-refractivity contribution in [1.29, 1.82) is 5.26 Å². The Morgan fingerprint density at radius 3 is 2.53 bits per heavy atom. The molecule has 0 aliphatic rings. The normalized spacial score (nSPS) is 12.3. The first-order valence-electron chi connectivity index (χ1n) is 5.97. The van der Waals surface area contributed by atoms with Crippen LogP contribution in [0.25, 0.3) is 0 Å². The summed E-state index contributed by atoms with van der Waals surface area (Å²) in [5, 5.41) is 17.4. The minimum Gasteiger partial charge on any atom is -0.396 e. The van der Waals surface area contributed by atoms with Gasteiger partial charge in [-0.3, -0.25) is 0 Å². The lowest BCUT2D eigenvalue weighted by Gasteiger charge is -2.09. The van der Waals surface area contributed by atoms with E-state index in [1.54, 1.807) is 0 Å². The summed E-state index contributed by atoms with van der Waals surface area (Å²) in [5.74, 6) is 0.